The van der Waals surface area contributed by atoms with Crippen LogP contribution in [0.3, 0.4) is 0 Å². The molecule has 1 aliphatic rings. The lowest BCUT2D eigenvalue weighted by Crippen LogP contribution is -2.31. The lowest BCUT2D eigenvalue weighted by atomic mass is 10.1. The van der Waals surface area contributed by atoms with E-state index in [4.69, 9.17) is 0 Å². The van der Waals surface area contributed by atoms with Gasteiger partial charge in [0.15, 0.2) is 5.69 Å². The number of rotatable bonds is 5. The van der Waals surface area contributed by atoms with Crippen LogP contribution in [0.1, 0.15) is 22.5 Å². The summed E-state index contributed by atoms with van der Waals surface area (Å²) in [7, 11) is 1.66. The van der Waals surface area contributed by atoms with Crippen LogP contribution in [0.2, 0.25) is 0 Å². The largest absolute Gasteiger partial charge is 0.350 e. The molecular weight excluding hydrogens is 332 g/mol. The maximum absolute atomic E-state index is 13.2. The summed E-state index contributed by atoms with van der Waals surface area (Å²) in [5, 5.41) is 10.1. The van der Waals surface area contributed by atoms with Gasteiger partial charge in [-0.2, -0.15) is 0 Å². The van der Waals surface area contributed by atoms with E-state index in [1.165, 1.54) is 27.9 Å². The topological polar surface area (TPSA) is 80.1 Å². The standard InChI is InChI=1S/C16H17F2N5O2/c1-22-9-14(20-21-22)16(25)19-6-11-4-15(24)23(8-11)7-10-2-12(17)5-13(18)3-10/h2-3,5,9,11H,4,6-8H2,1H3,(H,19,25). The van der Waals surface area contributed by atoms with Crippen molar-refractivity contribution in [1.29, 1.82) is 0 Å². The summed E-state index contributed by atoms with van der Waals surface area (Å²) in [6, 6.07) is 3.21. The third-order valence-corrected chi connectivity index (χ3v) is 3.98. The smallest absolute Gasteiger partial charge is 0.273 e. The number of aryl methyl sites for hydroxylation is 1. The lowest BCUT2D eigenvalue weighted by Gasteiger charge is -2.17. The van der Waals surface area contributed by atoms with Crippen molar-refractivity contribution in [2.75, 3.05) is 13.1 Å². The fraction of sp³-hybridized carbons (Fsp3) is 0.375. The molecule has 1 atom stereocenters. The van der Waals surface area contributed by atoms with Crippen LogP contribution in [0.4, 0.5) is 8.78 Å². The molecule has 1 fully saturated rings. The first-order chi connectivity index (χ1) is 11.9. The number of aromatic nitrogens is 3. The van der Waals surface area contributed by atoms with Gasteiger partial charge in [-0.3, -0.25) is 14.3 Å². The highest BCUT2D eigenvalue weighted by Gasteiger charge is 2.30. The van der Waals surface area contributed by atoms with Crippen molar-refractivity contribution in [1.82, 2.24) is 25.2 Å². The highest BCUT2D eigenvalue weighted by molar-refractivity contribution is 5.91. The first kappa shape index (κ1) is 17.0. The molecule has 0 spiro atoms. The Morgan fingerprint density at radius 2 is 2.04 bits per heavy atom. The number of halogens is 2. The molecule has 0 saturated carbocycles. The van der Waals surface area contributed by atoms with Crippen molar-refractivity contribution in [3.63, 3.8) is 0 Å². The van der Waals surface area contributed by atoms with E-state index in [9.17, 15) is 18.4 Å². The Kier molecular flexibility index (Phi) is 4.73. The predicted molar refractivity (Wildman–Crippen MR) is 83.2 cm³/mol. The van der Waals surface area contributed by atoms with Gasteiger partial charge < -0.3 is 10.2 Å². The molecule has 9 heteroatoms. The molecule has 3 rings (SSSR count). The molecule has 2 aromatic rings. The van der Waals surface area contributed by atoms with Crippen LogP contribution >= 0.6 is 0 Å². The van der Waals surface area contributed by atoms with Crippen molar-refractivity contribution in [3.8, 4) is 0 Å². The van der Waals surface area contributed by atoms with Gasteiger partial charge in [0.1, 0.15) is 11.6 Å². The van der Waals surface area contributed by atoms with Crippen LogP contribution < -0.4 is 5.32 Å². The summed E-state index contributed by atoms with van der Waals surface area (Å²) in [6.07, 6.45) is 1.78. The summed E-state index contributed by atoms with van der Waals surface area (Å²) >= 11 is 0. The zero-order valence-electron chi connectivity index (χ0n) is 13.6. The van der Waals surface area contributed by atoms with Crippen LogP contribution in [-0.4, -0.2) is 44.8 Å². The number of carbonyl (C=O) groups excluding carboxylic acids is 2. The molecule has 0 bridgehead atoms. The minimum absolute atomic E-state index is 0.0634. The van der Waals surface area contributed by atoms with Gasteiger partial charge in [0.05, 0.1) is 6.20 Å². The summed E-state index contributed by atoms with van der Waals surface area (Å²) in [4.78, 5) is 25.5. The van der Waals surface area contributed by atoms with Gasteiger partial charge in [0.25, 0.3) is 5.91 Å². The predicted octanol–water partition coefficient (Wildman–Crippen LogP) is 0.872. The van der Waals surface area contributed by atoms with Gasteiger partial charge in [0.2, 0.25) is 5.91 Å². The van der Waals surface area contributed by atoms with Gasteiger partial charge in [0, 0.05) is 45.1 Å². The fourth-order valence-electron chi connectivity index (χ4n) is 2.85. The summed E-state index contributed by atoms with van der Waals surface area (Å²) < 4.78 is 27.9. The number of nitrogens with zero attached hydrogens (tertiary/aromatic N) is 4. The number of hydrogen-bond acceptors (Lipinski definition) is 4. The molecule has 1 aliphatic heterocycles. The molecule has 2 amide bonds. The third-order valence-electron chi connectivity index (χ3n) is 3.98. The zero-order chi connectivity index (χ0) is 18.0. The van der Waals surface area contributed by atoms with E-state index in [1.807, 2.05) is 0 Å². The molecule has 1 aromatic carbocycles. The maximum Gasteiger partial charge on any atom is 0.273 e. The highest BCUT2D eigenvalue weighted by atomic mass is 19.1. The van der Waals surface area contributed by atoms with Crippen LogP contribution in [0, 0.1) is 17.6 Å². The van der Waals surface area contributed by atoms with Crippen molar-refractivity contribution in [2.24, 2.45) is 13.0 Å². The van der Waals surface area contributed by atoms with E-state index in [0.29, 0.717) is 18.7 Å². The second-order valence-electron chi connectivity index (χ2n) is 6.11. The van der Waals surface area contributed by atoms with E-state index in [1.54, 1.807) is 7.05 Å². The Balaban J connectivity index is 1.54. The van der Waals surface area contributed by atoms with Gasteiger partial charge in [-0.25, -0.2) is 8.78 Å². The average molecular weight is 349 g/mol. The second kappa shape index (κ2) is 6.96. The molecule has 132 valence electrons. The zero-order valence-corrected chi connectivity index (χ0v) is 13.6. The number of benzene rings is 1. The quantitative estimate of drug-likeness (QED) is 0.869. The summed E-state index contributed by atoms with van der Waals surface area (Å²) in [5.41, 5.74) is 0.606. The van der Waals surface area contributed by atoms with Crippen molar-refractivity contribution in [3.05, 3.63) is 47.3 Å². The minimum atomic E-state index is -0.672. The molecule has 0 radical (unpaired) electrons. The van der Waals surface area contributed by atoms with E-state index in [0.717, 1.165) is 6.07 Å². The third kappa shape index (κ3) is 4.17. The number of hydrogen-bond donors (Lipinski definition) is 1. The van der Waals surface area contributed by atoms with E-state index in [-0.39, 0.29) is 36.4 Å². The number of amides is 2. The first-order valence-electron chi connectivity index (χ1n) is 7.78. The minimum Gasteiger partial charge on any atom is -0.350 e. The number of nitrogens with one attached hydrogen (secondary N) is 1. The Morgan fingerprint density at radius 1 is 1.32 bits per heavy atom. The van der Waals surface area contributed by atoms with Gasteiger partial charge in [-0.1, -0.05) is 5.21 Å². The number of carbonyl (C=O) groups is 2. The van der Waals surface area contributed by atoms with Crippen molar-refractivity contribution in [2.45, 2.75) is 13.0 Å². The van der Waals surface area contributed by atoms with E-state index >= 15 is 0 Å². The molecule has 2 heterocycles. The van der Waals surface area contributed by atoms with Gasteiger partial charge >= 0.3 is 0 Å². The molecule has 1 saturated heterocycles. The van der Waals surface area contributed by atoms with Crippen LogP contribution in [-0.2, 0) is 18.4 Å². The average Bonchev–Trinajstić information content (AvgIpc) is 3.10. The summed E-state index contributed by atoms with van der Waals surface area (Å²) in [5.74, 6) is -1.87. The fourth-order valence-corrected chi connectivity index (χ4v) is 2.85. The molecule has 0 aliphatic carbocycles. The Bertz CT molecular complexity index is 787. The molecule has 25 heavy (non-hydrogen) atoms. The monoisotopic (exact) mass is 349 g/mol. The second-order valence-corrected chi connectivity index (χ2v) is 6.11. The molecular formula is C16H17F2N5O2. The highest BCUT2D eigenvalue weighted by Crippen LogP contribution is 2.20. The summed E-state index contributed by atoms with van der Waals surface area (Å²) in [6.45, 7) is 0.870. The number of likely N-dealkylation sites (tertiary alicyclic amines) is 1. The lowest BCUT2D eigenvalue weighted by molar-refractivity contribution is -0.128. The molecule has 1 N–H and O–H groups in total. The molecule has 7 nitrogen and oxygen atoms in total. The normalized spacial score (nSPS) is 17.2. The van der Waals surface area contributed by atoms with Crippen LogP contribution in [0.25, 0.3) is 0 Å². The first-order valence-corrected chi connectivity index (χ1v) is 7.78. The van der Waals surface area contributed by atoms with Crippen LogP contribution in [0.15, 0.2) is 24.4 Å². The maximum atomic E-state index is 13.2. The van der Waals surface area contributed by atoms with Gasteiger partial charge in [-0.15, -0.1) is 5.10 Å². The van der Waals surface area contributed by atoms with Crippen LogP contribution in [0.5, 0.6) is 0 Å². The Hall–Kier alpha value is -2.84. The van der Waals surface area contributed by atoms with Crippen molar-refractivity contribution < 1.29 is 18.4 Å². The molecule has 1 aromatic heterocycles. The molecule has 1 unspecified atom stereocenters. The Morgan fingerprint density at radius 3 is 2.68 bits per heavy atom. The van der Waals surface area contributed by atoms with E-state index < -0.39 is 11.6 Å². The Labute approximate surface area is 142 Å². The SMILES string of the molecule is Cn1cc(C(=O)NCC2CC(=O)N(Cc3cc(F)cc(F)c3)C2)nn1. The van der Waals surface area contributed by atoms with Gasteiger partial charge in [-0.05, 0) is 17.7 Å². The van der Waals surface area contributed by atoms with Crippen molar-refractivity contribution >= 4 is 11.8 Å². The van der Waals surface area contributed by atoms with E-state index in [2.05, 4.69) is 15.6 Å².